The molecular weight excluding hydrogens is 459 g/mol. The molecule has 0 aliphatic carbocycles. The lowest BCUT2D eigenvalue weighted by Gasteiger charge is -2.11. The zero-order chi connectivity index (χ0) is 18.5. The second kappa shape index (κ2) is 8.96. The van der Waals surface area contributed by atoms with Crippen LogP contribution in [0.1, 0.15) is 29.8 Å². The summed E-state index contributed by atoms with van der Waals surface area (Å²) in [6.07, 6.45) is 4.28. The highest BCUT2D eigenvalue weighted by Gasteiger charge is 2.15. The van der Waals surface area contributed by atoms with E-state index < -0.39 is 0 Å². The molecule has 0 bridgehead atoms. The van der Waals surface area contributed by atoms with Crippen LogP contribution in [0.25, 0.3) is 5.69 Å². The van der Waals surface area contributed by atoms with E-state index in [2.05, 4.69) is 87.2 Å². The van der Waals surface area contributed by atoms with Gasteiger partial charge in [-0.1, -0.05) is 0 Å². The number of aromatic nitrogens is 1. The van der Waals surface area contributed by atoms with E-state index >= 15 is 0 Å². The molecule has 2 heterocycles. The summed E-state index contributed by atoms with van der Waals surface area (Å²) in [5.74, 6) is 0. The van der Waals surface area contributed by atoms with Gasteiger partial charge in [-0.15, -0.1) is 0 Å². The summed E-state index contributed by atoms with van der Waals surface area (Å²) < 4.78 is 9.02. The van der Waals surface area contributed by atoms with Crippen LogP contribution in [0.3, 0.4) is 0 Å². The molecule has 1 aliphatic heterocycles. The first kappa shape index (κ1) is 19.3. The van der Waals surface area contributed by atoms with Gasteiger partial charge in [-0.25, -0.2) is 0 Å². The predicted octanol–water partition coefficient (Wildman–Crippen LogP) is 3.68. The predicted molar refractivity (Wildman–Crippen MR) is 118 cm³/mol. The van der Waals surface area contributed by atoms with Crippen molar-refractivity contribution in [3.63, 3.8) is 0 Å². The highest BCUT2D eigenvalue weighted by molar-refractivity contribution is 14.1. The number of rotatable bonds is 5. The Morgan fingerprint density at radius 2 is 2.15 bits per heavy atom. The molecule has 1 aliphatic rings. The molecule has 0 saturated carbocycles. The first-order valence-electron chi connectivity index (χ1n) is 8.68. The van der Waals surface area contributed by atoms with Crippen molar-refractivity contribution in [2.45, 2.75) is 32.8 Å². The van der Waals surface area contributed by atoms with Crippen LogP contribution in [-0.4, -0.2) is 35.1 Å². The minimum absolute atomic E-state index is 0.256. The van der Waals surface area contributed by atoms with Crippen LogP contribution in [0.4, 0.5) is 0 Å². The maximum absolute atomic E-state index is 5.57. The number of ether oxygens (including phenoxy) is 1. The van der Waals surface area contributed by atoms with Gasteiger partial charge >= 0.3 is 0 Å². The summed E-state index contributed by atoms with van der Waals surface area (Å²) in [4.78, 5) is 0. The van der Waals surface area contributed by atoms with Gasteiger partial charge in [-0.2, -0.15) is 5.10 Å². The van der Waals surface area contributed by atoms with Crippen molar-refractivity contribution < 1.29 is 4.74 Å². The van der Waals surface area contributed by atoms with Crippen LogP contribution in [0.15, 0.2) is 35.4 Å². The van der Waals surface area contributed by atoms with E-state index in [0.29, 0.717) is 5.11 Å². The van der Waals surface area contributed by atoms with Gasteiger partial charge in [0.25, 0.3) is 0 Å². The Morgan fingerprint density at radius 3 is 2.85 bits per heavy atom. The van der Waals surface area contributed by atoms with Crippen molar-refractivity contribution in [3.8, 4) is 5.69 Å². The first-order chi connectivity index (χ1) is 12.5. The summed E-state index contributed by atoms with van der Waals surface area (Å²) in [6, 6.07) is 10.6. The summed E-state index contributed by atoms with van der Waals surface area (Å²) in [5, 5.41) is 7.94. The number of halogens is 1. The molecule has 1 atom stereocenters. The zero-order valence-corrected chi connectivity index (χ0v) is 17.9. The van der Waals surface area contributed by atoms with Crippen molar-refractivity contribution >= 4 is 46.1 Å². The number of nitrogens with one attached hydrogen (secondary N) is 2. The number of hydrogen-bond donors (Lipinski definition) is 2. The Morgan fingerprint density at radius 1 is 1.38 bits per heavy atom. The summed E-state index contributed by atoms with van der Waals surface area (Å²) in [6.45, 7) is 5.77. The summed E-state index contributed by atoms with van der Waals surface area (Å²) in [5.41, 5.74) is 7.42. The Bertz CT molecular complexity index is 795. The van der Waals surface area contributed by atoms with Gasteiger partial charge in [-0.3, -0.25) is 5.43 Å². The Kier molecular flexibility index (Phi) is 6.66. The van der Waals surface area contributed by atoms with Crippen molar-refractivity contribution in [1.82, 2.24) is 15.3 Å². The van der Waals surface area contributed by atoms with Crippen LogP contribution in [0.5, 0.6) is 0 Å². The maximum Gasteiger partial charge on any atom is 0.187 e. The van der Waals surface area contributed by atoms with E-state index in [1.807, 2.05) is 6.21 Å². The van der Waals surface area contributed by atoms with E-state index in [1.165, 1.54) is 9.26 Å². The summed E-state index contributed by atoms with van der Waals surface area (Å²) in [7, 11) is 0. The third-order valence-corrected chi connectivity index (χ3v) is 5.39. The molecule has 26 heavy (non-hydrogen) atoms. The van der Waals surface area contributed by atoms with Gasteiger partial charge in [0.2, 0.25) is 0 Å². The van der Waals surface area contributed by atoms with Gasteiger partial charge in [-0.05, 0) is 91.8 Å². The summed E-state index contributed by atoms with van der Waals surface area (Å²) >= 11 is 7.58. The molecule has 138 valence electrons. The highest BCUT2D eigenvalue weighted by atomic mass is 127. The molecule has 0 radical (unpaired) electrons. The second-order valence-corrected chi connectivity index (χ2v) is 8.01. The van der Waals surface area contributed by atoms with Crippen molar-refractivity contribution in [1.29, 1.82) is 0 Å². The van der Waals surface area contributed by atoms with E-state index in [0.717, 1.165) is 42.9 Å². The molecule has 3 rings (SSSR count). The number of benzene rings is 1. The molecular formula is C19H23IN4OS. The zero-order valence-electron chi connectivity index (χ0n) is 15.0. The molecule has 7 heteroatoms. The van der Waals surface area contributed by atoms with Gasteiger partial charge in [0.1, 0.15) is 0 Å². The number of hydrazone groups is 1. The van der Waals surface area contributed by atoms with E-state index in [4.69, 9.17) is 17.0 Å². The molecule has 1 unspecified atom stereocenters. The molecule has 1 saturated heterocycles. The molecule has 1 fully saturated rings. The average Bonchev–Trinajstić information content (AvgIpc) is 3.23. The Hall–Kier alpha value is -1.45. The molecule has 5 nitrogen and oxygen atoms in total. The largest absolute Gasteiger partial charge is 0.376 e. The van der Waals surface area contributed by atoms with Crippen LogP contribution >= 0.6 is 34.8 Å². The molecule has 1 aromatic carbocycles. The average molecular weight is 482 g/mol. The van der Waals surface area contributed by atoms with Gasteiger partial charge < -0.3 is 14.6 Å². The van der Waals surface area contributed by atoms with Crippen LogP contribution in [0, 0.1) is 17.4 Å². The molecule has 2 N–H and O–H groups in total. The van der Waals surface area contributed by atoms with Crippen molar-refractivity contribution in [2.24, 2.45) is 5.10 Å². The van der Waals surface area contributed by atoms with Gasteiger partial charge in [0, 0.05) is 39.4 Å². The Labute approximate surface area is 173 Å². The van der Waals surface area contributed by atoms with Crippen LogP contribution < -0.4 is 10.7 Å². The molecule has 0 spiro atoms. The number of nitrogens with zero attached hydrogens (tertiary/aromatic N) is 2. The monoisotopic (exact) mass is 482 g/mol. The number of aryl methyl sites for hydroxylation is 1. The van der Waals surface area contributed by atoms with Gasteiger partial charge in [0.05, 0.1) is 12.3 Å². The van der Waals surface area contributed by atoms with E-state index in [9.17, 15) is 0 Å². The fraction of sp³-hybridized carbons (Fsp3) is 0.368. The molecule has 0 amide bonds. The third kappa shape index (κ3) is 4.83. The van der Waals surface area contributed by atoms with E-state index in [1.54, 1.807) is 0 Å². The lowest BCUT2D eigenvalue weighted by molar-refractivity contribution is 0.114. The minimum Gasteiger partial charge on any atom is -0.376 e. The van der Waals surface area contributed by atoms with Crippen LogP contribution in [0.2, 0.25) is 0 Å². The van der Waals surface area contributed by atoms with Crippen molar-refractivity contribution in [3.05, 3.63) is 50.9 Å². The lowest BCUT2D eigenvalue weighted by Crippen LogP contribution is -2.37. The minimum atomic E-state index is 0.256. The number of thiocarbonyl (C=S) groups is 1. The SMILES string of the molecule is Cc1cc(C=NNC(=S)NCC2CCCO2)c(C)n1-c1ccc(I)cc1. The lowest BCUT2D eigenvalue weighted by atomic mass is 10.2. The topological polar surface area (TPSA) is 50.6 Å². The second-order valence-electron chi connectivity index (χ2n) is 6.35. The maximum atomic E-state index is 5.57. The smallest absolute Gasteiger partial charge is 0.187 e. The fourth-order valence-electron chi connectivity index (χ4n) is 3.12. The normalized spacial score (nSPS) is 17.0. The van der Waals surface area contributed by atoms with Gasteiger partial charge in [0.15, 0.2) is 5.11 Å². The first-order valence-corrected chi connectivity index (χ1v) is 10.2. The number of hydrogen-bond acceptors (Lipinski definition) is 3. The third-order valence-electron chi connectivity index (χ3n) is 4.44. The molecule has 1 aromatic heterocycles. The van der Waals surface area contributed by atoms with E-state index in [-0.39, 0.29) is 6.10 Å². The highest BCUT2D eigenvalue weighted by Crippen LogP contribution is 2.20. The standard InChI is InChI=1S/C19H23IN4OS/c1-13-10-15(14(2)24(13)17-7-5-16(20)6-8-17)11-22-23-19(26)21-12-18-4-3-9-25-18/h5-8,10-11,18H,3-4,9,12H2,1-2H3,(H2,21,23,26). The molecule has 2 aromatic rings. The van der Waals surface area contributed by atoms with Crippen molar-refractivity contribution in [2.75, 3.05) is 13.2 Å². The van der Waals surface area contributed by atoms with Crippen LogP contribution in [-0.2, 0) is 4.74 Å². The Balaban J connectivity index is 1.61. The quantitative estimate of drug-likeness (QED) is 0.296. The fourth-order valence-corrected chi connectivity index (χ4v) is 3.61.